The van der Waals surface area contributed by atoms with E-state index in [1.54, 1.807) is 0 Å². The van der Waals surface area contributed by atoms with Gasteiger partial charge in [0, 0.05) is 25.0 Å². The first-order valence-corrected chi connectivity index (χ1v) is 11.3. The van der Waals surface area contributed by atoms with Crippen molar-refractivity contribution in [3.8, 4) is 0 Å². The topological polar surface area (TPSA) is 117 Å². The van der Waals surface area contributed by atoms with Gasteiger partial charge in [-0.3, -0.25) is 9.13 Å². The van der Waals surface area contributed by atoms with Crippen molar-refractivity contribution in [3.05, 3.63) is 0 Å². The van der Waals surface area contributed by atoms with E-state index in [0.29, 0.717) is 0 Å². The molecule has 0 atom stereocenters. The van der Waals surface area contributed by atoms with Crippen LogP contribution in [0.2, 0.25) is 0 Å². The molecular formula is C4H12O8P2S4Zn. The van der Waals surface area contributed by atoms with Crippen molar-refractivity contribution in [1.29, 1.82) is 0 Å². The summed E-state index contributed by atoms with van der Waals surface area (Å²) in [5, 5.41) is 0. The van der Waals surface area contributed by atoms with E-state index in [9.17, 15) is 18.9 Å². The van der Waals surface area contributed by atoms with E-state index in [2.05, 4.69) is 15.9 Å². The zero-order valence-electron chi connectivity index (χ0n) is 10.5. The van der Waals surface area contributed by atoms with Crippen LogP contribution in [0.15, 0.2) is 0 Å². The number of hydrogen-bond donors (Lipinski definition) is 0. The molecule has 19 heavy (non-hydrogen) atoms. The molecule has 8 nitrogen and oxygen atoms in total. The molecule has 0 heterocycles. The zero-order valence-corrected chi connectivity index (χ0v) is 18.5. The molecule has 0 aromatic rings. The molecule has 0 saturated carbocycles. The van der Waals surface area contributed by atoms with Crippen LogP contribution in [-0.4, -0.2) is 25.0 Å². The van der Waals surface area contributed by atoms with Gasteiger partial charge in [0.2, 0.25) is 0 Å². The number of phosphoric acid groups is 2. The van der Waals surface area contributed by atoms with E-state index in [1.807, 2.05) is 0 Å². The van der Waals surface area contributed by atoms with Crippen LogP contribution in [0.4, 0.5) is 0 Å². The largest absolute Gasteiger partial charge is 2.00 e. The Morgan fingerprint density at radius 2 is 0.842 bits per heavy atom. The number of rotatable bonds is 8. The van der Waals surface area contributed by atoms with Crippen LogP contribution in [-0.2, 0) is 44.5 Å². The van der Waals surface area contributed by atoms with E-state index in [-0.39, 0.29) is 19.5 Å². The molecule has 0 saturated heterocycles. The summed E-state index contributed by atoms with van der Waals surface area (Å²) < 4.78 is 37.3. The second-order valence-electron chi connectivity index (χ2n) is 1.86. The molecule has 0 fully saturated rings. The second kappa shape index (κ2) is 15.2. The van der Waals surface area contributed by atoms with E-state index >= 15 is 0 Å². The molecule has 0 spiro atoms. The Morgan fingerprint density at radius 3 is 0.947 bits per heavy atom. The standard InChI is InChI=1S/2C2H7O4PS2.Zn/c2*1-8-5-7(3,4)6-9-2;/h2*1-2H3,(H,3,4);/q;;+2/p-2. The van der Waals surface area contributed by atoms with Gasteiger partial charge in [0.05, 0.1) is 0 Å². The Morgan fingerprint density at radius 1 is 0.684 bits per heavy atom. The summed E-state index contributed by atoms with van der Waals surface area (Å²) in [4.78, 5) is 20.7. The minimum absolute atomic E-state index is 0. The molecular weight excluding hydrogens is 432 g/mol. The molecule has 0 aromatic carbocycles. The molecule has 0 N–H and O–H groups in total. The van der Waals surface area contributed by atoms with Crippen molar-refractivity contribution >= 4 is 63.8 Å². The molecule has 0 aliphatic carbocycles. The summed E-state index contributed by atoms with van der Waals surface area (Å²) in [7, 11) is -8.03. The van der Waals surface area contributed by atoms with Crippen LogP contribution in [0.1, 0.15) is 0 Å². The van der Waals surface area contributed by atoms with Gasteiger partial charge in [0.25, 0.3) is 15.6 Å². The smallest absolute Gasteiger partial charge is 0.755 e. The van der Waals surface area contributed by atoms with Gasteiger partial charge in [0.1, 0.15) is 0 Å². The molecule has 0 rings (SSSR count). The Labute approximate surface area is 142 Å². The quantitative estimate of drug-likeness (QED) is 0.310. The van der Waals surface area contributed by atoms with Gasteiger partial charge in [-0.15, -0.1) is 0 Å². The van der Waals surface area contributed by atoms with Crippen molar-refractivity contribution in [2.24, 2.45) is 0 Å². The van der Waals surface area contributed by atoms with Gasteiger partial charge in [0.15, 0.2) is 0 Å². The first-order valence-electron chi connectivity index (χ1n) is 3.76. The van der Waals surface area contributed by atoms with Crippen molar-refractivity contribution in [1.82, 2.24) is 0 Å². The van der Waals surface area contributed by atoms with Gasteiger partial charge in [-0.2, -0.15) is 0 Å². The normalized spacial score (nSPS) is 11.3. The summed E-state index contributed by atoms with van der Waals surface area (Å²) in [6, 6.07) is 0. The Bertz CT molecular complexity index is 248. The summed E-state index contributed by atoms with van der Waals surface area (Å²) in [5.74, 6) is 0. The van der Waals surface area contributed by atoms with E-state index in [4.69, 9.17) is 0 Å². The van der Waals surface area contributed by atoms with Crippen LogP contribution >= 0.6 is 63.8 Å². The monoisotopic (exact) mass is 442 g/mol. The van der Waals surface area contributed by atoms with E-state index in [0.717, 1.165) is 48.2 Å². The molecule has 0 bridgehead atoms. The van der Waals surface area contributed by atoms with Gasteiger partial charge in [-0.05, 0) is 48.2 Å². The SMILES string of the molecule is CSOP(=O)([O-])OSC.CSOP(=O)([O-])OSC.[Zn+2]. The fourth-order valence-electron chi connectivity index (χ4n) is 0.390. The summed E-state index contributed by atoms with van der Waals surface area (Å²) in [5.41, 5.74) is 0. The average Bonchev–Trinajstić information content (AvgIpc) is 2.17. The maximum atomic E-state index is 10.4. The minimum Gasteiger partial charge on any atom is -0.755 e. The van der Waals surface area contributed by atoms with Gasteiger partial charge in [-0.1, -0.05) is 0 Å². The fourth-order valence-corrected chi connectivity index (χ4v) is 3.96. The Balaban J connectivity index is -0.000000256. The molecule has 0 unspecified atom stereocenters. The summed E-state index contributed by atoms with van der Waals surface area (Å²) >= 11 is 2.94. The van der Waals surface area contributed by atoms with Crippen LogP contribution in [0.5, 0.6) is 0 Å². The van der Waals surface area contributed by atoms with Gasteiger partial charge < -0.3 is 9.79 Å². The summed E-state index contributed by atoms with van der Waals surface area (Å²) in [6.07, 6.45) is 5.98. The molecule has 0 aromatic heterocycles. The third kappa shape index (κ3) is 20.2. The fraction of sp³-hybridized carbons (Fsp3) is 1.00. The van der Waals surface area contributed by atoms with Crippen LogP contribution < -0.4 is 9.79 Å². The van der Waals surface area contributed by atoms with E-state index in [1.165, 1.54) is 25.0 Å². The average molecular weight is 444 g/mol. The molecule has 0 aliphatic heterocycles. The molecule has 0 radical (unpaired) electrons. The predicted molar refractivity (Wildman–Crippen MR) is 73.6 cm³/mol. The summed E-state index contributed by atoms with van der Waals surface area (Å²) in [6.45, 7) is 0. The Hall–Kier alpha value is 2.24. The van der Waals surface area contributed by atoms with Crippen molar-refractivity contribution < 1.29 is 54.3 Å². The first kappa shape index (κ1) is 26.2. The third-order valence-corrected chi connectivity index (χ3v) is 5.97. The van der Waals surface area contributed by atoms with Crippen molar-refractivity contribution in [3.63, 3.8) is 0 Å². The van der Waals surface area contributed by atoms with Crippen molar-refractivity contribution in [2.45, 2.75) is 0 Å². The van der Waals surface area contributed by atoms with Gasteiger partial charge >= 0.3 is 19.5 Å². The number of hydrogen-bond acceptors (Lipinski definition) is 12. The first-order chi connectivity index (χ1) is 8.24. The van der Waals surface area contributed by atoms with Crippen LogP contribution in [0, 0.1) is 0 Å². The Kier molecular flexibility index (Phi) is 20.9. The minimum atomic E-state index is -4.02. The predicted octanol–water partition coefficient (Wildman–Crippen LogP) is 2.09. The third-order valence-electron chi connectivity index (χ3n) is 0.663. The van der Waals surface area contributed by atoms with Crippen molar-refractivity contribution in [2.75, 3.05) is 25.0 Å². The molecule has 0 aliphatic rings. The molecule has 15 heteroatoms. The molecule has 112 valence electrons. The molecule has 0 amide bonds. The maximum absolute atomic E-state index is 10.4. The zero-order chi connectivity index (χ0) is 14.7. The van der Waals surface area contributed by atoms with Crippen LogP contribution in [0.3, 0.4) is 0 Å². The van der Waals surface area contributed by atoms with E-state index < -0.39 is 15.6 Å². The maximum Gasteiger partial charge on any atom is 2.00 e. The van der Waals surface area contributed by atoms with Crippen LogP contribution in [0.25, 0.3) is 0 Å². The second-order valence-corrected chi connectivity index (χ2v) is 7.37. The van der Waals surface area contributed by atoms with Gasteiger partial charge in [-0.25, -0.2) is 15.9 Å².